The van der Waals surface area contributed by atoms with Crippen molar-refractivity contribution in [2.75, 3.05) is 23.7 Å². The molecule has 0 saturated carbocycles. The fraction of sp³-hybridized carbons (Fsp3) is 0.545. The Morgan fingerprint density at radius 2 is 2.13 bits per heavy atom. The van der Waals surface area contributed by atoms with Crippen molar-refractivity contribution in [2.24, 2.45) is 5.92 Å². The van der Waals surface area contributed by atoms with E-state index in [0.29, 0.717) is 16.8 Å². The fourth-order valence-corrected chi connectivity index (χ4v) is 1.70. The molecule has 0 fully saturated rings. The standard InChI is InChI=1S/C11H18ClN3/c1-4-15(7-8(2)3)11-6-9(13)5-10(12)14-11/h5-6,8H,4,7H2,1-3H3,(H2,13,14). The van der Waals surface area contributed by atoms with Crippen molar-refractivity contribution in [3.8, 4) is 0 Å². The summed E-state index contributed by atoms with van der Waals surface area (Å²) in [7, 11) is 0. The number of rotatable bonds is 4. The predicted octanol–water partition coefficient (Wildman–Crippen LogP) is 2.80. The van der Waals surface area contributed by atoms with Crippen LogP contribution >= 0.6 is 11.6 Å². The Hall–Kier alpha value is -0.960. The third kappa shape index (κ3) is 3.59. The van der Waals surface area contributed by atoms with Gasteiger partial charge in [0.05, 0.1) is 0 Å². The van der Waals surface area contributed by atoms with Crippen LogP contribution in [0.2, 0.25) is 5.15 Å². The number of anilines is 2. The van der Waals surface area contributed by atoms with Gasteiger partial charge >= 0.3 is 0 Å². The molecule has 3 nitrogen and oxygen atoms in total. The number of halogens is 1. The van der Waals surface area contributed by atoms with Gasteiger partial charge in [0, 0.05) is 24.8 Å². The van der Waals surface area contributed by atoms with Crippen LogP contribution in [0.25, 0.3) is 0 Å². The van der Waals surface area contributed by atoms with Gasteiger partial charge in [-0.1, -0.05) is 25.4 Å². The number of nitrogens with zero attached hydrogens (tertiary/aromatic N) is 2. The van der Waals surface area contributed by atoms with E-state index >= 15 is 0 Å². The third-order valence-electron chi connectivity index (χ3n) is 2.09. The van der Waals surface area contributed by atoms with Crippen LogP contribution in [0.4, 0.5) is 11.5 Å². The Labute approximate surface area is 96.2 Å². The van der Waals surface area contributed by atoms with Crippen molar-refractivity contribution >= 4 is 23.1 Å². The highest BCUT2D eigenvalue weighted by molar-refractivity contribution is 6.29. The zero-order valence-electron chi connectivity index (χ0n) is 9.50. The minimum Gasteiger partial charge on any atom is -0.399 e. The van der Waals surface area contributed by atoms with Crippen molar-refractivity contribution < 1.29 is 0 Å². The summed E-state index contributed by atoms with van der Waals surface area (Å²) in [6.45, 7) is 8.32. The molecule has 0 bridgehead atoms. The van der Waals surface area contributed by atoms with E-state index in [9.17, 15) is 0 Å². The molecule has 4 heteroatoms. The molecule has 1 rings (SSSR count). The maximum Gasteiger partial charge on any atom is 0.133 e. The lowest BCUT2D eigenvalue weighted by atomic mass is 10.2. The van der Waals surface area contributed by atoms with E-state index in [1.165, 1.54) is 0 Å². The van der Waals surface area contributed by atoms with Crippen molar-refractivity contribution in [1.82, 2.24) is 4.98 Å². The molecule has 0 spiro atoms. The molecule has 84 valence electrons. The zero-order chi connectivity index (χ0) is 11.4. The Morgan fingerprint density at radius 1 is 1.47 bits per heavy atom. The van der Waals surface area contributed by atoms with Gasteiger partial charge in [0.1, 0.15) is 11.0 Å². The second-order valence-corrected chi connectivity index (χ2v) is 4.40. The van der Waals surface area contributed by atoms with Crippen LogP contribution in [0.5, 0.6) is 0 Å². The minimum atomic E-state index is 0.451. The van der Waals surface area contributed by atoms with Crippen LogP contribution in [-0.4, -0.2) is 18.1 Å². The van der Waals surface area contributed by atoms with Crippen LogP contribution in [0.1, 0.15) is 20.8 Å². The van der Waals surface area contributed by atoms with E-state index < -0.39 is 0 Å². The van der Waals surface area contributed by atoms with Crippen LogP contribution in [0.3, 0.4) is 0 Å². The summed E-state index contributed by atoms with van der Waals surface area (Å²) in [6, 6.07) is 3.52. The topological polar surface area (TPSA) is 42.1 Å². The predicted molar refractivity (Wildman–Crippen MR) is 66.4 cm³/mol. The zero-order valence-corrected chi connectivity index (χ0v) is 10.3. The SMILES string of the molecule is CCN(CC(C)C)c1cc(N)cc(Cl)n1. The first-order valence-electron chi connectivity index (χ1n) is 5.21. The van der Waals surface area contributed by atoms with Gasteiger partial charge in [-0.05, 0) is 18.9 Å². The molecule has 0 radical (unpaired) electrons. The lowest BCUT2D eigenvalue weighted by Gasteiger charge is -2.24. The number of hydrogen-bond acceptors (Lipinski definition) is 3. The average Bonchev–Trinajstić information content (AvgIpc) is 2.12. The van der Waals surface area contributed by atoms with Crippen molar-refractivity contribution in [2.45, 2.75) is 20.8 Å². The van der Waals surface area contributed by atoms with Crippen LogP contribution in [-0.2, 0) is 0 Å². The molecule has 2 N–H and O–H groups in total. The number of hydrogen-bond donors (Lipinski definition) is 1. The maximum atomic E-state index is 5.87. The van der Waals surface area contributed by atoms with Crippen molar-refractivity contribution in [3.63, 3.8) is 0 Å². The van der Waals surface area contributed by atoms with Crippen molar-refractivity contribution in [1.29, 1.82) is 0 Å². The van der Waals surface area contributed by atoms with Gasteiger partial charge in [-0.25, -0.2) is 4.98 Å². The fourth-order valence-electron chi connectivity index (χ4n) is 1.49. The first-order valence-corrected chi connectivity index (χ1v) is 5.58. The summed E-state index contributed by atoms with van der Waals surface area (Å²) in [5.41, 5.74) is 6.39. The summed E-state index contributed by atoms with van der Waals surface area (Å²) in [5, 5.41) is 0.451. The molecule has 15 heavy (non-hydrogen) atoms. The quantitative estimate of drug-likeness (QED) is 0.805. The largest absolute Gasteiger partial charge is 0.399 e. The molecule has 0 saturated heterocycles. The Morgan fingerprint density at radius 3 is 2.60 bits per heavy atom. The highest BCUT2D eigenvalue weighted by Gasteiger charge is 2.09. The van der Waals surface area contributed by atoms with Gasteiger partial charge in [-0.2, -0.15) is 0 Å². The maximum absolute atomic E-state index is 5.87. The van der Waals surface area contributed by atoms with Gasteiger partial charge in [0.25, 0.3) is 0 Å². The smallest absolute Gasteiger partial charge is 0.133 e. The summed E-state index contributed by atoms with van der Waals surface area (Å²) in [4.78, 5) is 6.44. The summed E-state index contributed by atoms with van der Waals surface area (Å²) < 4.78 is 0. The molecule has 0 aliphatic heterocycles. The van der Waals surface area contributed by atoms with Crippen molar-refractivity contribution in [3.05, 3.63) is 17.3 Å². The van der Waals surface area contributed by atoms with E-state index in [1.807, 2.05) is 6.07 Å². The molecule has 0 unspecified atom stereocenters. The summed E-state index contributed by atoms with van der Waals surface area (Å²) in [6.07, 6.45) is 0. The average molecular weight is 228 g/mol. The molecule has 1 aromatic heterocycles. The number of nitrogens with two attached hydrogens (primary N) is 1. The molecule has 0 aromatic carbocycles. The molecule has 1 heterocycles. The Kier molecular flexibility index (Phi) is 4.21. The second-order valence-electron chi connectivity index (χ2n) is 4.01. The number of pyridine rings is 1. The summed E-state index contributed by atoms with van der Waals surface area (Å²) >= 11 is 5.87. The van der Waals surface area contributed by atoms with Gasteiger partial charge in [0.15, 0.2) is 0 Å². The molecule has 0 amide bonds. The van der Waals surface area contributed by atoms with E-state index in [2.05, 4.69) is 30.7 Å². The molecular formula is C11H18ClN3. The molecule has 0 atom stereocenters. The Balaban J connectivity index is 2.91. The van der Waals surface area contributed by atoms with Gasteiger partial charge in [0.2, 0.25) is 0 Å². The lowest BCUT2D eigenvalue weighted by molar-refractivity contribution is 0.614. The first kappa shape index (κ1) is 12.1. The monoisotopic (exact) mass is 227 g/mol. The number of aromatic nitrogens is 1. The molecule has 1 aromatic rings. The van der Waals surface area contributed by atoms with Gasteiger partial charge in [-0.15, -0.1) is 0 Å². The highest BCUT2D eigenvalue weighted by atomic mass is 35.5. The van der Waals surface area contributed by atoms with Crippen LogP contribution < -0.4 is 10.6 Å². The number of nitrogen functional groups attached to an aromatic ring is 1. The molecule has 0 aliphatic rings. The Bertz CT molecular complexity index is 305. The van der Waals surface area contributed by atoms with E-state index in [0.717, 1.165) is 18.9 Å². The molecule has 0 aliphatic carbocycles. The van der Waals surface area contributed by atoms with Gasteiger partial charge < -0.3 is 10.6 Å². The van der Waals surface area contributed by atoms with Gasteiger partial charge in [-0.3, -0.25) is 0 Å². The highest BCUT2D eigenvalue weighted by Crippen LogP contribution is 2.20. The van der Waals surface area contributed by atoms with Crippen LogP contribution in [0, 0.1) is 5.92 Å². The summed E-state index contributed by atoms with van der Waals surface area (Å²) in [5.74, 6) is 1.45. The van der Waals surface area contributed by atoms with E-state index in [-0.39, 0.29) is 0 Å². The van der Waals surface area contributed by atoms with E-state index in [1.54, 1.807) is 6.07 Å². The van der Waals surface area contributed by atoms with Crippen LogP contribution in [0.15, 0.2) is 12.1 Å². The normalized spacial score (nSPS) is 10.7. The second kappa shape index (κ2) is 5.21. The minimum absolute atomic E-state index is 0.451. The third-order valence-corrected chi connectivity index (χ3v) is 2.29. The first-order chi connectivity index (χ1) is 7.02. The molecular weight excluding hydrogens is 210 g/mol. The van der Waals surface area contributed by atoms with E-state index in [4.69, 9.17) is 17.3 Å². The lowest BCUT2D eigenvalue weighted by Crippen LogP contribution is -2.28.